The topological polar surface area (TPSA) is 58.2 Å². The van der Waals surface area contributed by atoms with Gasteiger partial charge in [-0.25, -0.2) is 0 Å². The molecule has 0 aromatic heterocycles. The number of rotatable bonds is 4. The van der Waals surface area contributed by atoms with Crippen LogP contribution in [0, 0.1) is 11.8 Å². The van der Waals surface area contributed by atoms with Crippen LogP contribution in [0.3, 0.4) is 0 Å². The van der Waals surface area contributed by atoms with Crippen molar-refractivity contribution in [2.45, 2.75) is 12.8 Å². The van der Waals surface area contributed by atoms with E-state index in [0.717, 1.165) is 4.47 Å². The van der Waals surface area contributed by atoms with Gasteiger partial charge in [-0.3, -0.25) is 9.59 Å². The van der Waals surface area contributed by atoms with Crippen molar-refractivity contribution in [2.75, 3.05) is 10.6 Å². The number of anilines is 2. The van der Waals surface area contributed by atoms with Gasteiger partial charge >= 0.3 is 0 Å². The largest absolute Gasteiger partial charge is 0.326 e. The molecule has 2 aromatic carbocycles. The molecule has 0 bridgehead atoms. The molecule has 0 saturated carbocycles. The second-order valence-corrected chi connectivity index (χ2v) is 7.50. The van der Waals surface area contributed by atoms with E-state index in [1.807, 2.05) is 36.4 Å². The first-order valence-corrected chi connectivity index (χ1v) is 9.48. The molecule has 0 radical (unpaired) electrons. The molecule has 0 spiro atoms. The van der Waals surface area contributed by atoms with Gasteiger partial charge in [0.2, 0.25) is 11.8 Å². The van der Waals surface area contributed by atoms with Crippen molar-refractivity contribution >= 4 is 50.7 Å². The Balaban J connectivity index is 1.69. The molecule has 1 aliphatic rings. The Labute approximate surface area is 165 Å². The van der Waals surface area contributed by atoms with Gasteiger partial charge < -0.3 is 10.6 Å². The number of carbonyl (C=O) groups is 2. The molecule has 2 unspecified atom stereocenters. The summed E-state index contributed by atoms with van der Waals surface area (Å²) in [5.41, 5.74) is 1.38. The fourth-order valence-corrected chi connectivity index (χ4v) is 3.32. The molecule has 134 valence electrons. The third kappa shape index (κ3) is 4.74. The number of hydrogen-bond acceptors (Lipinski definition) is 2. The van der Waals surface area contributed by atoms with Crippen LogP contribution in [0.25, 0.3) is 0 Å². The summed E-state index contributed by atoms with van der Waals surface area (Å²) in [6.45, 7) is 0. The van der Waals surface area contributed by atoms with Crippen LogP contribution in [0.1, 0.15) is 12.8 Å². The third-order valence-electron chi connectivity index (χ3n) is 4.33. The lowest BCUT2D eigenvalue weighted by atomic mass is 9.81. The molecule has 26 heavy (non-hydrogen) atoms. The summed E-state index contributed by atoms with van der Waals surface area (Å²) in [5.74, 6) is -1.12. The molecule has 4 nitrogen and oxygen atoms in total. The minimum absolute atomic E-state index is 0.145. The molecule has 0 saturated heterocycles. The number of halogens is 2. The van der Waals surface area contributed by atoms with Crippen LogP contribution in [0.2, 0.25) is 5.02 Å². The Hall–Kier alpha value is -2.11. The van der Waals surface area contributed by atoms with Crippen molar-refractivity contribution in [3.05, 3.63) is 70.2 Å². The first-order chi connectivity index (χ1) is 12.5. The number of nitrogens with one attached hydrogen (secondary N) is 2. The maximum absolute atomic E-state index is 12.7. The van der Waals surface area contributed by atoms with Crippen molar-refractivity contribution in [3.8, 4) is 0 Å². The molecule has 1 aliphatic carbocycles. The van der Waals surface area contributed by atoms with Gasteiger partial charge in [0.1, 0.15) is 0 Å². The summed E-state index contributed by atoms with van der Waals surface area (Å²) in [6.07, 6.45) is 4.99. The van der Waals surface area contributed by atoms with E-state index in [4.69, 9.17) is 11.6 Å². The van der Waals surface area contributed by atoms with Crippen molar-refractivity contribution in [1.82, 2.24) is 0 Å². The maximum atomic E-state index is 12.7. The average molecular weight is 434 g/mol. The third-order valence-corrected chi connectivity index (χ3v) is 5.11. The van der Waals surface area contributed by atoms with Crippen LogP contribution < -0.4 is 10.6 Å². The van der Waals surface area contributed by atoms with E-state index in [1.165, 1.54) is 0 Å². The van der Waals surface area contributed by atoms with Crippen LogP contribution in [0.15, 0.2) is 65.2 Å². The molecule has 2 amide bonds. The predicted molar refractivity (Wildman–Crippen MR) is 108 cm³/mol. The number of carbonyl (C=O) groups excluding carboxylic acids is 2. The van der Waals surface area contributed by atoms with E-state index in [-0.39, 0.29) is 11.8 Å². The van der Waals surface area contributed by atoms with E-state index >= 15 is 0 Å². The lowest BCUT2D eigenvalue weighted by Gasteiger charge is -2.26. The molecular formula is C20H18BrClN2O2. The molecule has 0 heterocycles. The fourth-order valence-electron chi connectivity index (χ4n) is 2.93. The van der Waals surface area contributed by atoms with Gasteiger partial charge in [0.25, 0.3) is 0 Å². The highest BCUT2D eigenvalue weighted by molar-refractivity contribution is 9.10. The van der Waals surface area contributed by atoms with Gasteiger partial charge in [-0.2, -0.15) is 0 Å². The van der Waals surface area contributed by atoms with Gasteiger partial charge in [0, 0.05) is 20.9 Å². The second kappa shape index (κ2) is 8.52. The Morgan fingerprint density at radius 3 is 1.69 bits per heavy atom. The molecule has 0 fully saturated rings. The van der Waals surface area contributed by atoms with E-state index < -0.39 is 11.8 Å². The minimum atomic E-state index is -0.411. The monoisotopic (exact) mass is 432 g/mol. The van der Waals surface area contributed by atoms with Crippen molar-refractivity contribution in [3.63, 3.8) is 0 Å². The van der Waals surface area contributed by atoms with Crippen LogP contribution in [-0.4, -0.2) is 11.8 Å². The van der Waals surface area contributed by atoms with Crippen molar-refractivity contribution in [1.29, 1.82) is 0 Å². The standard InChI is InChI=1S/C20H18BrClN2O2/c21-13-5-9-15(10-6-13)23-19(25)17-3-1-2-4-18(17)20(26)24-16-11-7-14(22)8-12-16/h1-2,5-12,17-18H,3-4H2,(H,23,25)(H,24,26). The second-order valence-electron chi connectivity index (χ2n) is 6.15. The zero-order valence-corrected chi connectivity index (χ0v) is 16.3. The summed E-state index contributed by atoms with van der Waals surface area (Å²) in [5, 5.41) is 6.39. The summed E-state index contributed by atoms with van der Waals surface area (Å²) in [4.78, 5) is 25.4. The van der Waals surface area contributed by atoms with E-state index in [0.29, 0.717) is 29.2 Å². The molecule has 2 atom stereocenters. The minimum Gasteiger partial charge on any atom is -0.326 e. The predicted octanol–water partition coefficient (Wildman–Crippen LogP) is 5.26. The molecule has 2 aromatic rings. The van der Waals surface area contributed by atoms with E-state index in [2.05, 4.69) is 26.6 Å². The Morgan fingerprint density at radius 1 is 0.808 bits per heavy atom. The summed E-state index contributed by atoms with van der Waals surface area (Å²) < 4.78 is 0.941. The van der Waals surface area contributed by atoms with Crippen LogP contribution >= 0.6 is 27.5 Å². The fraction of sp³-hybridized carbons (Fsp3) is 0.200. The molecule has 0 aliphatic heterocycles. The van der Waals surface area contributed by atoms with E-state index in [9.17, 15) is 9.59 Å². The highest BCUT2D eigenvalue weighted by atomic mass is 79.9. The molecule has 2 N–H and O–H groups in total. The maximum Gasteiger partial charge on any atom is 0.228 e. The normalized spacial score (nSPS) is 19.0. The van der Waals surface area contributed by atoms with Gasteiger partial charge in [0.15, 0.2) is 0 Å². The van der Waals surface area contributed by atoms with Crippen LogP contribution in [0.5, 0.6) is 0 Å². The molecule has 6 heteroatoms. The highest BCUT2D eigenvalue weighted by Gasteiger charge is 2.34. The number of allylic oxidation sites excluding steroid dienone is 2. The zero-order valence-electron chi connectivity index (χ0n) is 13.9. The Morgan fingerprint density at radius 2 is 1.23 bits per heavy atom. The Kier molecular flexibility index (Phi) is 6.12. The van der Waals surface area contributed by atoms with Gasteiger partial charge in [-0.05, 0) is 61.4 Å². The summed E-state index contributed by atoms with van der Waals surface area (Å²) in [7, 11) is 0. The summed E-state index contributed by atoms with van der Waals surface area (Å²) in [6, 6.07) is 14.3. The molecule has 3 rings (SSSR count). The lowest BCUT2D eigenvalue weighted by molar-refractivity contribution is -0.129. The number of benzene rings is 2. The highest BCUT2D eigenvalue weighted by Crippen LogP contribution is 2.29. The lowest BCUT2D eigenvalue weighted by Crippen LogP contribution is -2.37. The number of amides is 2. The number of hydrogen-bond donors (Lipinski definition) is 2. The van der Waals surface area contributed by atoms with Gasteiger partial charge in [-0.15, -0.1) is 0 Å². The van der Waals surface area contributed by atoms with Crippen molar-refractivity contribution < 1.29 is 9.59 Å². The smallest absolute Gasteiger partial charge is 0.228 e. The van der Waals surface area contributed by atoms with Crippen LogP contribution in [0.4, 0.5) is 11.4 Å². The SMILES string of the molecule is O=C(Nc1ccc(Cl)cc1)C1CC=CCC1C(=O)Nc1ccc(Br)cc1. The average Bonchev–Trinajstić information content (AvgIpc) is 2.65. The first-order valence-electron chi connectivity index (χ1n) is 8.31. The van der Waals surface area contributed by atoms with Gasteiger partial charge in [0.05, 0.1) is 11.8 Å². The van der Waals surface area contributed by atoms with Gasteiger partial charge in [-0.1, -0.05) is 39.7 Å². The summed E-state index contributed by atoms with van der Waals surface area (Å²) >= 11 is 9.24. The molecular weight excluding hydrogens is 416 g/mol. The zero-order chi connectivity index (χ0) is 18.5. The Bertz CT molecular complexity index is 749. The first kappa shape index (κ1) is 18.7. The van der Waals surface area contributed by atoms with E-state index in [1.54, 1.807) is 24.3 Å². The van der Waals surface area contributed by atoms with Crippen LogP contribution in [-0.2, 0) is 9.59 Å². The quantitative estimate of drug-likeness (QED) is 0.646. The van der Waals surface area contributed by atoms with Crippen molar-refractivity contribution in [2.24, 2.45) is 11.8 Å².